The van der Waals surface area contributed by atoms with Crippen LogP contribution >= 0.6 is 11.8 Å². The Morgan fingerprint density at radius 1 is 1.17 bits per heavy atom. The smallest absolute Gasteiger partial charge is 0.251 e. The lowest BCUT2D eigenvalue weighted by Gasteiger charge is -2.44. The van der Waals surface area contributed by atoms with Crippen molar-refractivity contribution in [2.75, 3.05) is 12.9 Å². The molecule has 6 nitrogen and oxygen atoms in total. The predicted octanol–water partition coefficient (Wildman–Crippen LogP) is 2.12. The summed E-state index contributed by atoms with van der Waals surface area (Å²) in [6, 6.07) is 16.2. The monoisotopic (exact) mass is 417 g/mol. The molecule has 1 heterocycles. The summed E-state index contributed by atoms with van der Waals surface area (Å²) < 4.78 is 11.9. The van der Waals surface area contributed by atoms with Gasteiger partial charge < -0.3 is 25.0 Å². The maximum absolute atomic E-state index is 12.8. The van der Waals surface area contributed by atoms with E-state index in [1.165, 1.54) is 11.8 Å². The molecule has 29 heavy (non-hydrogen) atoms. The Kier molecular flexibility index (Phi) is 7.69. The molecule has 1 saturated heterocycles. The van der Waals surface area contributed by atoms with Gasteiger partial charge in [-0.3, -0.25) is 4.79 Å². The van der Waals surface area contributed by atoms with Crippen molar-refractivity contribution in [2.45, 2.75) is 43.3 Å². The molecule has 1 amide bonds. The van der Waals surface area contributed by atoms with Gasteiger partial charge in [0.1, 0.15) is 23.7 Å². The molecule has 5 atom stereocenters. The molecule has 2 aromatic rings. The Hall–Kier alpha value is -1.90. The first kappa shape index (κ1) is 21.8. The van der Waals surface area contributed by atoms with Gasteiger partial charge >= 0.3 is 0 Å². The molecule has 0 aliphatic carbocycles. The summed E-state index contributed by atoms with van der Waals surface area (Å²) in [7, 11) is 0. The second-order valence-electron chi connectivity index (χ2n) is 7.08. The van der Waals surface area contributed by atoms with E-state index in [0.717, 1.165) is 11.1 Å². The number of aliphatic hydroxyl groups is 2. The third-order valence-corrected chi connectivity index (χ3v) is 5.83. The fraction of sp³-hybridized carbons (Fsp3) is 0.409. The van der Waals surface area contributed by atoms with Gasteiger partial charge in [-0.1, -0.05) is 48.0 Å². The molecule has 0 radical (unpaired) electrons. The van der Waals surface area contributed by atoms with Crippen LogP contribution in [0.15, 0.2) is 54.6 Å². The third kappa shape index (κ3) is 5.38. The molecule has 1 aliphatic rings. The maximum atomic E-state index is 12.8. The molecule has 1 fully saturated rings. The topological polar surface area (TPSA) is 88.0 Å². The minimum atomic E-state index is -1.10. The van der Waals surface area contributed by atoms with Crippen LogP contribution in [0.1, 0.15) is 21.5 Å². The van der Waals surface area contributed by atoms with Crippen molar-refractivity contribution in [1.82, 2.24) is 5.32 Å². The van der Waals surface area contributed by atoms with Gasteiger partial charge in [-0.15, -0.1) is 11.8 Å². The van der Waals surface area contributed by atoms with E-state index in [0.29, 0.717) is 12.2 Å². The van der Waals surface area contributed by atoms with Crippen LogP contribution in [0.25, 0.3) is 0 Å². The van der Waals surface area contributed by atoms with Crippen molar-refractivity contribution in [3.63, 3.8) is 0 Å². The number of hydrogen-bond acceptors (Lipinski definition) is 6. The molecule has 7 heteroatoms. The summed E-state index contributed by atoms with van der Waals surface area (Å²) in [5.74, 6) is -0.305. The van der Waals surface area contributed by atoms with Gasteiger partial charge in [0, 0.05) is 5.56 Å². The number of carbonyl (C=O) groups is 1. The van der Waals surface area contributed by atoms with Crippen LogP contribution in [0.4, 0.5) is 0 Å². The highest BCUT2D eigenvalue weighted by Crippen LogP contribution is 2.30. The molecular weight excluding hydrogens is 390 g/mol. The molecule has 3 N–H and O–H groups in total. The second-order valence-corrected chi connectivity index (χ2v) is 8.01. The highest BCUT2D eigenvalue weighted by Gasteiger charge is 2.46. The fourth-order valence-electron chi connectivity index (χ4n) is 3.32. The third-order valence-electron chi connectivity index (χ3n) is 4.99. The normalized spacial score (nSPS) is 26.8. The molecule has 0 saturated carbocycles. The highest BCUT2D eigenvalue weighted by molar-refractivity contribution is 7.99. The minimum Gasteiger partial charge on any atom is -0.394 e. The summed E-state index contributed by atoms with van der Waals surface area (Å²) in [6.45, 7) is 1.92. The molecule has 0 bridgehead atoms. The van der Waals surface area contributed by atoms with Gasteiger partial charge in [-0.05, 0) is 30.9 Å². The molecule has 0 spiro atoms. The van der Waals surface area contributed by atoms with Crippen LogP contribution in [0.5, 0.6) is 0 Å². The van der Waals surface area contributed by atoms with Crippen LogP contribution in [-0.4, -0.2) is 58.8 Å². The molecule has 1 aliphatic heterocycles. The number of benzene rings is 2. The second kappa shape index (κ2) is 10.2. The zero-order chi connectivity index (χ0) is 20.8. The van der Waals surface area contributed by atoms with E-state index in [4.69, 9.17) is 9.47 Å². The van der Waals surface area contributed by atoms with Crippen molar-refractivity contribution in [3.05, 3.63) is 71.3 Å². The summed E-state index contributed by atoms with van der Waals surface area (Å²) in [5, 5.41) is 23.3. The Bertz CT molecular complexity index is 786. The summed E-state index contributed by atoms with van der Waals surface area (Å²) in [6.07, 6.45) is -0.613. The first-order valence-corrected chi connectivity index (χ1v) is 10.8. The van der Waals surface area contributed by atoms with Crippen molar-refractivity contribution in [1.29, 1.82) is 0 Å². The van der Waals surface area contributed by atoms with Gasteiger partial charge in [-0.2, -0.15) is 0 Å². The highest BCUT2D eigenvalue weighted by atomic mass is 32.2. The van der Waals surface area contributed by atoms with Crippen LogP contribution in [0, 0.1) is 6.92 Å². The van der Waals surface area contributed by atoms with Crippen LogP contribution < -0.4 is 5.32 Å². The number of amides is 1. The summed E-state index contributed by atoms with van der Waals surface area (Å²) in [5.41, 5.74) is 2.09. The average molecular weight is 418 g/mol. The fourth-order valence-corrected chi connectivity index (χ4v) is 4.09. The largest absolute Gasteiger partial charge is 0.394 e. The van der Waals surface area contributed by atoms with Gasteiger partial charge in [0.05, 0.1) is 19.3 Å². The summed E-state index contributed by atoms with van der Waals surface area (Å²) >= 11 is 1.42. The van der Waals surface area contributed by atoms with E-state index < -0.39 is 29.8 Å². The Morgan fingerprint density at radius 2 is 1.86 bits per heavy atom. The van der Waals surface area contributed by atoms with E-state index in [1.54, 1.807) is 12.1 Å². The Labute approximate surface area is 175 Å². The lowest BCUT2D eigenvalue weighted by Crippen LogP contribution is -2.64. The minimum absolute atomic E-state index is 0.305. The van der Waals surface area contributed by atoms with Crippen LogP contribution in [0.3, 0.4) is 0 Å². The van der Waals surface area contributed by atoms with E-state index in [2.05, 4.69) is 5.32 Å². The van der Waals surface area contributed by atoms with E-state index in [1.807, 2.05) is 55.6 Å². The van der Waals surface area contributed by atoms with E-state index in [9.17, 15) is 15.0 Å². The predicted molar refractivity (Wildman–Crippen MR) is 113 cm³/mol. The molecular formula is C22H27NO5S. The van der Waals surface area contributed by atoms with Crippen LogP contribution in [0.2, 0.25) is 0 Å². The molecule has 3 rings (SSSR count). The zero-order valence-corrected chi connectivity index (χ0v) is 17.3. The number of carbonyl (C=O) groups excluding carboxylic acids is 1. The Morgan fingerprint density at radius 3 is 2.48 bits per heavy atom. The average Bonchev–Trinajstić information content (AvgIpc) is 2.75. The number of rotatable bonds is 7. The van der Waals surface area contributed by atoms with E-state index >= 15 is 0 Å². The number of ether oxygens (including phenoxy) is 2. The van der Waals surface area contributed by atoms with Crippen molar-refractivity contribution in [3.8, 4) is 0 Å². The quantitative estimate of drug-likeness (QED) is 0.640. The van der Waals surface area contributed by atoms with Gasteiger partial charge in [-0.25, -0.2) is 0 Å². The number of aliphatic hydroxyl groups excluding tert-OH is 2. The number of aryl methyl sites for hydroxylation is 1. The van der Waals surface area contributed by atoms with Gasteiger partial charge in [0.2, 0.25) is 0 Å². The molecule has 156 valence electrons. The standard InChI is InChI=1S/C22H27NO5S/c1-14-8-10-16(11-9-14)21(26)23-18-19(25)17(12-24)28-22(29-2)20(18)27-13-15-6-4-3-5-7-15/h3-11,17-20,22,24-25H,12-13H2,1-2H3,(H,23,26)/t17-,18+,19+,20-,22+/m1/s1. The van der Waals surface area contributed by atoms with E-state index in [-0.39, 0.29) is 12.5 Å². The summed E-state index contributed by atoms with van der Waals surface area (Å²) in [4.78, 5) is 12.8. The maximum Gasteiger partial charge on any atom is 0.251 e. The molecule has 2 aromatic carbocycles. The van der Waals surface area contributed by atoms with Crippen molar-refractivity contribution < 1.29 is 24.5 Å². The molecule has 0 aromatic heterocycles. The number of thioether (sulfide) groups is 1. The van der Waals surface area contributed by atoms with Gasteiger partial charge in [0.15, 0.2) is 0 Å². The number of hydrogen-bond donors (Lipinski definition) is 3. The van der Waals surface area contributed by atoms with Crippen molar-refractivity contribution in [2.24, 2.45) is 0 Å². The van der Waals surface area contributed by atoms with Crippen molar-refractivity contribution >= 4 is 17.7 Å². The lowest BCUT2D eigenvalue weighted by molar-refractivity contribution is -0.182. The number of nitrogens with one attached hydrogen (secondary N) is 1. The first-order valence-electron chi connectivity index (χ1n) is 9.53. The Balaban J connectivity index is 1.80. The molecule has 0 unspecified atom stereocenters. The lowest BCUT2D eigenvalue weighted by atomic mass is 9.96. The zero-order valence-electron chi connectivity index (χ0n) is 16.5. The first-order chi connectivity index (χ1) is 14.0. The SMILES string of the molecule is CS[C@@H]1O[C@H](CO)[C@H](O)[C@H](NC(=O)c2ccc(C)cc2)[C@H]1OCc1ccccc1. The van der Waals surface area contributed by atoms with Gasteiger partial charge in [0.25, 0.3) is 5.91 Å². The van der Waals surface area contributed by atoms with Crippen LogP contribution in [-0.2, 0) is 16.1 Å².